The third-order valence-electron chi connectivity index (χ3n) is 1.61. The van der Waals surface area contributed by atoms with Crippen LogP contribution in [0, 0.1) is 0 Å². The number of hydrogen-bond acceptors (Lipinski definition) is 4. The second kappa shape index (κ2) is 5.50. The monoisotopic (exact) mass is 223 g/mol. The zero-order valence-corrected chi connectivity index (χ0v) is 8.73. The topological polar surface area (TPSA) is 96.6 Å². The average Bonchev–Trinajstić information content (AvgIpc) is 2.25. The predicted octanol–water partition coefficient (Wildman–Crippen LogP) is 0.805. The molecule has 6 nitrogen and oxygen atoms in total. The normalized spacial score (nSPS) is 10.7. The fourth-order valence-corrected chi connectivity index (χ4v) is 0.898. The Balaban J connectivity index is 2.52. The summed E-state index contributed by atoms with van der Waals surface area (Å²) in [6, 6.07) is 5.84. The van der Waals surface area contributed by atoms with E-state index in [0.29, 0.717) is 11.4 Å². The molecule has 86 valence electrons. The second-order valence-electron chi connectivity index (χ2n) is 3.00. The van der Waals surface area contributed by atoms with Gasteiger partial charge in [0.05, 0.1) is 5.70 Å². The van der Waals surface area contributed by atoms with E-state index in [9.17, 15) is 9.90 Å². The molecule has 0 atom stereocenters. The Bertz CT molecular complexity index is 404. The lowest BCUT2D eigenvalue weighted by atomic mass is 10.3. The molecule has 0 spiro atoms. The van der Waals surface area contributed by atoms with Crippen molar-refractivity contribution in [3.05, 3.63) is 36.2 Å². The van der Waals surface area contributed by atoms with Gasteiger partial charge in [-0.05, 0) is 19.1 Å². The van der Waals surface area contributed by atoms with E-state index in [1.165, 1.54) is 12.3 Å². The lowest BCUT2D eigenvalue weighted by molar-refractivity contribution is 0.246. The smallest absolute Gasteiger partial charge is 0.330 e. The molecular weight excluding hydrogens is 210 g/mol. The molecule has 0 aromatic heterocycles. The number of phenolic OH excluding ortho intramolecular Hbond substituents is 1. The van der Waals surface area contributed by atoms with E-state index in [1.54, 1.807) is 25.1 Å². The van der Waals surface area contributed by atoms with Crippen molar-refractivity contribution in [3.8, 4) is 11.5 Å². The summed E-state index contributed by atoms with van der Waals surface area (Å²) in [5, 5.41) is 9.38. The van der Waals surface area contributed by atoms with Gasteiger partial charge in [-0.15, -0.1) is 0 Å². The largest absolute Gasteiger partial charge is 0.504 e. The highest BCUT2D eigenvalue weighted by Gasteiger charge is 1.98. The zero-order valence-electron chi connectivity index (χ0n) is 8.73. The number of nitrogens with two attached hydrogens (primary N) is 1. The first kappa shape index (κ1) is 11.7. The van der Waals surface area contributed by atoms with Crippen LogP contribution in [-0.4, -0.2) is 11.1 Å². The van der Waals surface area contributed by atoms with Crippen molar-refractivity contribution in [1.82, 2.24) is 10.9 Å². The van der Waals surface area contributed by atoms with Crippen LogP contribution in [0.4, 0.5) is 4.79 Å². The van der Waals surface area contributed by atoms with Crippen LogP contribution < -0.4 is 21.3 Å². The number of para-hydroxylation sites is 2. The number of rotatable bonds is 4. The Labute approximate surface area is 92.7 Å². The van der Waals surface area contributed by atoms with Crippen molar-refractivity contribution in [2.45, 2.75) is 6.92 Å². The molecule has 0 heterocycles. The maximum Gasteiger partial charge on any atom is 0.330 e. The predicted molar refractivity (Wildman–Crippen MR) is 58.3 cm³/mol. The summed E-state index contributed by atoms with van der Waals surface area (Å²) in [5.74, 6) is 0.358. The van der Waals surface area contributed by atoms with E-state index in [4.69, 9.17) is 10.5 Å². The van der Waals surface area contributed by atoms with Crippen molar-refractivity contribution in [1.29, 1.82) is 0 Å². The molecule has 0 unspecified atom stereocenters. The van der Waals surface area contributed by atoms with Crippen LogP contribution in [0.5, 0.6) is 11.5 Å². The van der Waals surface area contributed by atoms with E-state index < -0.39 is 6.03 Å². The number of urea groups is 1. The minimum absolute atomic E-state index is 0.0365. The number of ether oxygens (including phenoxy) is 1. The lowest BCUT2D eigenvalue weighted by Crippen LogP contribution is -2.39. The molecule has 0 fully saturated rings. The highest BCUT2D eigenvalue weighted by atomic mass is 16.5. The van der Waals surface area contributed by atoms with Gasteiger partial charge < -0.3 is 15.6 Å². The van der Waals surface area contributed by atoms with E-state index in [1.807, 2.05) is 0 Å². The van der Waals surface area contributed by atoms with Crippen molar-refractivity contribution in [3.63, 3.8) is 0 Å². The number of amides is 2. The molecule has 16 heavy (non-hydrogen) atoms. The standard InChI is InChI=1S/C10H13N3O3/c1-7(12-13-10(11)15)6-16-9-5-3-2-4-8(9)14/h2-6,12,14H,1H3,(H3,11,13,15)/b7-6-. The molecule has 1 aromatic carbocycles. The number of carbonyl (C=O) groups excluding carboxylic acids is 1. The molecule has 0 saturated carbocycles. The summed E-state index contributed by atoms with van der Waals surface area (Å²) in [6.45, 7) is 1.66. The summed E-state index contributed by atoms with van der Waals surface area (Å²) in [5.41, 5.74) is 10.1. The SMILES string of the molecule is C/C(=C/Oc1ccccc1O)NNC(N)=O. The molecule has 0 bridgehead atoms. The second-order valence-corrected chi connectivity index (χ2v) is 3.00. The quantitative estimate of drug-likeness (QED) is 0.448. The fourth-order valence-electron chi connectivity index (χ4n) is 0.898. The third-order valence-corrected chi connectivity index (χ3v) is 1.61. The number of hydrazine groups is 1. The van der Waals surface area contributed by atoms with Crippen LogP contribution in [0.3, 0.4) is 0 Å². The Morgan fingerprint density at radius 3 is 2.75 bits per heavy atom. The minimum atomic E-state index is -0.699. The third kappa shape index (κ3) is 3.79. The van der Waals surface area contributed by atoms with Gasteiger partial charge in [0, 0.05) is 0 Å². The Morgan fingerprint density at radius 1 is 1.44 bits per heavy atom. The number of primary amides is 1. The summed E-state index contributed by atoms with van der Waals surface area (Å²) in [6.07, 6.45) is 1.34. The number of allylic oxidation sites excluding steroid dienone is 1. The Hall–Kier alpha value is -2.37. The molecule has 5 N–H and O–H groups in total. The highest BCUT2D eigenvalue weighted by Crippen LogP contribution is 2.24. The molecule has 2 amide bonds. The van der Waals surface area contributed by atoms with Crippen LogP contribution in [0.1, 0.15) is 6.92 Å². The molecule has 1 aromatic rings. The van der Waals surface area contributed by atoms with Gasteiger partial charge in [-0.25, -0.2) is 4.79 Å². The number of hydrogen-bond donors (Lipinski definition) is 4. The van der Waals surface area contributed by atoms with Crippen LogP contribution in [0.15, 0.2) is 36.2 Å². The van der Waals surface area contributed by atoms with Gasteiger partial charge in [0.15, 0.2) is 11.5 Å². The first-order chi connectivity index (χ1) is 7.59. The molecular formula is C10H13N3O3. The molecule has 0 aliphatic carbocycles. The number of benzene rings is 1. The van der Waals surface area contributed by atoms with Gasteiger partial charge in [-0.1, -0.05) is 12.1 Å². The first-order valence-electron chi connectivity index (χ1n) is 4.52. The van der Waals surface area contributed by atoms with E-state index >= 15 is 0 Å². The van der Waals surface area contributed by atoms with Crippen molar-refractivity contribution >= 4 is 6.03 Å². The fraction of sp³-hybridized carbons (Fsp3) is 0.100. The van der Waals surface area contributed by atoms with Gasteiger partial charge in [0.1, 0.15) is 6.26 Å². The van der Waals surface area contributed by atoms with Gasteiger partial charge in [0.25, 0.3) is 0 Å². The van der Waals surface area contributed by atoms with E-state index in [0.717, 1.165) is 0 Å². The molecule has 1 rings (SSSR count). The van der Waals surface area contributed by atoms with Crippen molar-refractivity contribution in [2.75, 3.05) is 0 Å². The molecule has 0 radical (unpaired) electrons. The van der Waals surface area contributed by atoms with Crippen LogP contribution in [0.25, 0.3) is 0 Å². The number of nitrogens with one attached hydrogen (secondary N) is 2. The molecule has 0 aliphatic heterocycles. The highest BCUT2D eigenvalue weighted by molar-refractivity contribution is 5.71. The Morgan fingerprint density at radius 2 is 2.12 bits per heavy atom. The maximum absolute atomic E-state index is 10.4. The van der Waals surface area contributed by atoms with Gasteiger partial charge in [-0.3, -0.25) is 10.9 Å². The van der Waals surface area contributed by atoms with Gasteiger partial charge in [-0.2, -0.15) is 0 Å². The zero-order chi connectivity index (χ0) is 12.0. The van der Waals surface area contributed by atoms with E-state index in [-0.39, 0.29) is 5.75 Å². The molecule has 6 heteroatoms. The summed E-state index contributed by atoms with van der Waals surface area (Å²) < 4.78 is 5.16. The van der Waals surface area contributed by atoms with Gasteiger partial charge >= 0.3 is 6.03 Å². The summed E-state index contributed by atoms with van der Waals surface area (Å²) in [7, 11) is 0. The Kier molecular flexibility index (Phi) is 4.02. The lowest BCUT2D eigenvalue weighted by Gasteiger charge is -2.07. The van der Waals surface area contributed by atoms with Crippen LogP contribution >= 0.6 is 0 Å². The van der Waals surface area contributed by atoms with Gasteiger partial charge in [0.2, 0.25) is 0 Å². The summed E-state index contributed by atoms with van der Waals surface area (Å²) in [4.78, 5) is 10.4. The summed E-state index contributed by atoms with van der Waals surface area (Å²) >= 11 is 0. The van der Waals surface area contributed by atoms with Crippen molar-refractivity contribution < 1.29 is 14.6 Å². The maximum atomic E-state index is 10.4. The molecule has 0 aliphatic rings. The van der Waals surface area contributed by atoms with E-state index in [2.05, 4.69) is 10.9 Å². The van der Waals surface area contributed by atoms with Crippen LogP contribution in [0.2, 0.25) is 0 Å². The van der Waals surface area contributed by atoms with Crippen LogP contribution in [-0.2, 0) is 0 Å². The molecule has 0 saturated heterocycles. The number of aromatic hydroxyl groups is 1. The number of carbonyl (C=O) groups is 1. The first-order valence-corrected chi connectivity index (χ1v) is 4.52. The number of phenols is 1. The average molecular weight is 223 g/mol. The minimum Gasteiger partial charge on any atom is -0.504 e. The van der Waals surface area contributed by atoms with Crippen molar-refractivity contribution in [2.24, 2.45) is 5.73 Å².